The molecule has 0 radical (unpaired) electrons. The standard InChI is InChI=1S/C24H30F3N3O2.C2H4O.H2/c25-24(26,27)10-6-17-1-3-18(4-2-17)11-19-5-8-22(12-19)13-29(14-22)21(32)30-15-23(16-30)9-7-20(31)28-23;1-2-3;/h1-4,19H,5-16H2,(H,28,31);2H,1H3;1H/t19-;;/m1../s1. The SMILES string of the molecule is CC=O.O=C1CCC2(CN(C(=O)N3CC4(CC[C@H](Cc5ccc(CCC(F)(F)F)cc5)C4)C3)C2)N1.[HH]. The van der Waals surface area contributed by atoms with Crippen LogP contribution in [0, 0.1) is 11.3 Å². The lowest BCUT2D eigenvalue weighted by Gasteiger charge is -2.54. The number of nitrogens with one attached hydrogen (secondary N) is 1. The first kappa shape index (κ1) is 25.5. The molecule has 0 bridgehead atoms. The average molecular weight is 496 g/mol. The van der Waals surface area contributed by atoms with Crippen molar-refractivity contribution in [3.05, 3.63) is 35.4 Å². The zero-order chi connectivity index (χ0) is 25.3. The molecule has 5 rings (SSSR count). The van der Waals surface area contributed by atoms with Crippen LogP contribution < -0.4 is 5.32 Å². The van der Waals surface area contributed by atoms with Crippen LogP contribution in [0.2, 0.25) is 0 Å². The number of benzene rings is 1. The number of carbonyl (C=O) groups excluding carboxylic acids is 3. The van der Waals surface area contributed by atoms with E-state index in [0.717, 1.165) is 57.0 Å². The molecule has 1 atom stereocenters. The quantitative estimate of drug-likeness (QED) is 0.631. The molecule has 1 N–H and O–H groups in total. The van der Waals surface area contributed by atoms with Crippen molar-refractivity contribution in [1.82, 2.24) is 15.1 Å². The number of hydrogen-bond acceptors (Lipinski definition) is 3. The van der Waals surface area contributed by atoms with Crippen molar-refractivity contribution in [2.75, 3.05) is 26.2 Å². The van der Waals surface area contributed by atoms with E-state index in [4.69, 9.17) is 4.79 Å². The minimum absolute atomic E-state index is 0. The fourth-order valence-corrected chi connectivity index (χ4v) is 6.18. The molecule has 6 nitrogen and oxygen atoms in total. The van der Waals surface area contributed by atoms with Gasteiger partial charge in [-0.15, -0.1) is 0 Å². The van der Waals surface area contributed by atoms with Crippen LogP contribution in [0.15, 0.2) is 24.3 Å². The van der Waals surface area contributed by atoms with Gasteiger partial charge in [-0.1, -0.05) is 24.3 Å². The third kappa shape index (κ3) is 5.98. The number of urea groups is 1. The van der Waals surface area contributed by atoms with Gasteiger partial charge >= 0.3 is 12.2 Å². The Hall–Kier alpha value is -2.58. The number of amides is 3. The molecule has 3 amide bonds. The molecule has 1 aromatic carbocycles. The second-order valence-electron chi connectivity index (χ2n) is 10.8. The van der Waals surface area contributed by atoms with Gasteiger partial charge in [-0.2, -0.15) is 13.2 Å². The van der Waals surface area contributed by atoms with E-state index >= 15 is 0 Å². The first-order valence-electron chi connectivity index (χ1n) is 12.4. The third-order valence-corrected chi connectivity index (χ3v) is 7.86. The topological polar surface area (TPSA) is 69.7 Å². The summed E-state index contributed by atoms with van der Waals surface area (Å²) in [4.78, 5) is 36.8. The number of carbonyl (C=O) groups is 3. The van der Waals surface area contributed by atoms with Crippen LogP contribution in [-0.2, 0) is 22.4 Å². The van der Waals surface area contributed by atoms with Gasteiger partial charge in [-0.25, -0.2) is 4.79 Å². The molecule has 1 saturated carbocycles. The Bertz CT molecular complexity index is 942. The van der Waals surface area contributed by atoms with Crippen LogP contribution in [0.4, 0.5) is 18.0 Å². The van der Waals surface area contributed by atoms with Crippen molar-refractivity contribution in [2.24, 2.45) is 11.3 Å². The molecular formula is C26H36F3N3O3. The van der Waals surface area contributed by atoms with Crippen molar-refractivity contribution < 1.29 is 29.0 Å². The number of aldehydes is 1. The first-order chi connectivity index (χ1) is 16.5. The van der Waals surface area contributed by atoms with E-state index in [2.05, 4.69) is 5.32 Å². The lowest BCUT2D eigenvalue weighted by molar-refractivity contribution is -0.134. The summed E-state index contributed by atoms with van der Waals surface area (Å²) in [6.07, 6.45) is 1.60. The second kappa shape index (κ2) is 9.82. The zero-order valence-corrected chi connectivity index (χ0v) is 20.2. The smallest absolute Gasteiger partial charge is 0.347 e. The molecule has 2 spiro atoms. The third-order valence-electron chi connectivity index (χ3n) is 7.86. The molecule has 1 aliphatic carbocycles. The van der Waals surface area contributed by atoms with Gasteiger partial charge in [0.1, 0.15) is 6.29 Å². The van der Waals surface area contributed by atoms with Crippen LogP contribution in [0.5, 0.6) is 0 Å². The maximum absolute atomic E-state index is 12.8. The molecule has 1 aromatic rings. The maximum atomic E-state index is 12.8. The van der Waals surface area contributed by atoms with E-state index in [1.165, 1.54) is 12.5 Å². The Labute approximate surface area is 205 Å². The van der Waals surface area contributed by atoms with Gasteiger partial charge < -0.3 is 19.9 Å². The van der Waals surface area contributed by atoms with E-state index in [1.807, 2.05) is 34.1 Å². The summed E-state index contributed by atoms with van der Waals surface area (Å²) in [6.45, 7) is 4.33. The van der Waals surface area contributed by atoms with Crippen molar-refractivity contribution in [3.8, 4) is 0 Å². The minimum atomic E-state index is -4.11. The number of likely N-dealkylation sites (tertiary alicyclic amines) is 2. The second-order valence-corrected chi connectivity index (χ2v) is 10.8. The summed E-state index contributed by atoms with van der Waals surface area (Å²) in [6, 6.07) is 7.67. The number of hydrogen-bond donors (Lipinski definition) is 1. The monoisotopic (exact) mass is 495 g/mol. The lowest BCUT2D eigenvalue weighted by Crippen LogP contribution is -2.72. The van der Waals surface area contributed by atoms with Gasteiger partial charge in [0.2, 0.25) is 5.91 Å². The summed E-state index contributed by atoms with van der Waals surface area (Å²) in [5.74, 6) is 0.655. The van der Waals surface area contributed by atoms with Crippen LogP contribution >= 0.6 is 0 Å². The molecule has 9 heteroatoms. The van der Waals surface area contributed by atoms with E-state index in [0.29, 0.717) is 25.4 Å². The van der Waals surface area contributed by atoms with Crippen molar-refractivity contribution >= 4 is 18.2 Å². The number of aryl methyl sites for hydroxylation is 1. The van der Waals surface area contributed by atoms with Gasteiger partial charge in [-0.05, 0) is 62.5 Å². The van der Waals surface area contributed by atoms with E-state index in [-0.39, 0.29) is 30.7 Å². The molecule has 35 heavy (non-hydrogen) atoms. The van der Waals surface area contributed by atoms with E-state index in [9.17, 15) is 22.8 Å². The Balaban J connectivity index is 0.000000861. The maximum Gasteiger partial charge on any atom is 0.389 e. The van der Waals surface area contributed by atoms with Crippen LogP contribution in [-0.4, -0.2) is 65.9 Å². The summed E-state index contributed by atoms with van der Waals surface area (Å²) >= 11 is 0. The largest absolute Gasteiger partial charge is 0.389 e. The van der Waals surface area contributed by atoms with Crippen LogP contribution in [0.1, 0.15) is 58.0 Å². The molecular weight excluding hydrogens is 459 g/mol. The summed E-state index contributed by atoms with van der Waals surface area (Å²) < 4.78 is 37.2. The van der Waals surface area contributed by atoms with Crippen molar-refractivity contribution in [1.29, 1.82) is 0 Å². The molecule has 3 saturated heterocycles. The van der Waals surface area contributed by atoms with Gasteiger partial charge in [0.05, 0.1) is 5.54 Å². The van der Waals surface area contributed by atoms with Crippen LogP contribution in [0.3, 0.4) is 0 Å². The first-order valence-corrected chi connectivity index (χ1v) is 12.4. The summed E-state index contributed by atoms with van der Waals surface area (Å²) in [5.41, 5.74) is 1.97. The Kier molecular flexibility index (Phi) is 7.16. The fourth-order valence-electron chi connectivity index (χ4n) is 6.18. The lowest BCUT2D eigenvalue weighted by atomic mass is 9.77. The van der Waals surface area contributed by atoms with Crippen LogP contribution in [0.25, 0.3) is 0 Å². The summed E-state index contributed by atoms with van der Waals surface area (Å²) in [5, 5.41) is 3.02. The van der Waals surface area contributed by atoms with E-state index in [1.54, 1.807) is 0 Å². The molecule has 4 fully saturated rings. The minimum Gasteiger partial charge on any atom is -0.347 e. The number of rotatable bonds is 4. The molecule has 3 heterocycles. The highest BCUT2D eigenvalue weighted by Gasteiger charge is 2.54. The van der Waals surface area contributed by atoms with E-state index < -0.39 is 12.6 Å². The Morgan fingerprint density at radius 3 is 2.29 bits per heavy atom. The number of alkyl halides is 3. The molecule has 0 aromatic heterocycles. The Morgan fingerprint density at radius 1 is 1.11 bits per heavy atom. The summed E-state index contributed by atoms with van der Waals surface area (Å²) in [7, 11) is 0. The van der Waals surface area contributed by atoms with Gasteiger partial charge in [0.15, 0.2) is 0 Å². The highest BCUT2D eigenvalue weighted by molar-refractivity contribution is 5.82. The van der Waals surface area contributed by atoms with Gasteiger partial charge in [-0.3, -0.25) is 4.79 Å². The molecule has 3 aliphatic heterocycles. The van der Waals surface area contributed by atoms with Gasteiger partial charge in [0.25, 0.3) is 0 Å². The fraction of sp³-hybridized carbons (Fsp3) is 0.654. The van der Waals surface area contributed by atoms with Gasteiger partial charge in [0, 0.05) is 45.9 Å². The van der Waals surface area contributed by atoms with Crippen molar-refractivity contribution in [2.45, 2.75) is 70.0 Å². The zero-order valence-electron chi connectivity index (χ0n) is 20.2. The number of halogens is 3. The van der Waals surface area contributed by atoms with Crippen molar-refractivity contribution in [3.63, 3.8) is 0 Å². The number of nitrogens with zero attached hydrogens (tertiary/aromatic N) is 2. The highest BCUT2D eigenvalue weighted by atomic mass is 19.4. The highest BCUT2D eigenvalue weighted by Crippen LogP contribution is 2.49. The predicted molar refractivity (Wildman–Crippen MR) is 127 cm³/mol. The molecule has 194 valence electrons. The predicted octanol–water partition coefficient (Wildman–Crippen LogP) is 4.36. The normalized spacial score (nSPS) is 23.9. The average Bonchev–Trinajstić information content (AvgIpc) is 3.35. The molecule has 4 aliphatic rings. The Morgan fingerprint density at radius 2 is 1.71 bits per heavy atom. The molecule has 0 unspecified atom stereocenters.